The molecule has 114 valence electrons. The fourth-order valence-corrected chi connectivity index (χ4v) is 2.60. The molecule has 0 heterocycles. The lowest BCUT2D eigenvalue weighted by molar-refractivity contribution is 0.162. The maximum absolute atomic E-state index is 13.2. The SMILES string of the molecule is CCCCCCCCCCC(O)c1cc(F)ccc1C. The predicted molar refractivity (Wildman–Crippen MR) is 83.3 cm³/mol. The number of hydrogen-bond acceptors (Lipinski definition) is 1. The Morgan fingerprint density at radius 3 is 2.25 bits per heavy atom. The maximum atomic E-state index is 13.2. The van der Waals surface area contributed by atoms with Crippen molar-refractivity contribution >= 4 is 0 Å². The van der Waals surface area contributed by atoms with Gasteiger partial charge in [0.05, 0.1) is 6.10 Å². The zero-order valence-corrected chi connectivity index (χ0v) is 13.0. The summed E-state index contributed by atoms with van der Waals surface area (Å²) in [6.07, 6.45) is 10.3. The van der Waals surface area contributed by atoms with E-state index in [0.29, 0.717) is 0 Å². The smallest absolute Gasteiger partial charge is 0.123 e. The summed E-state index contributed by atoms with van der Waals surface area (Å²) in [4.78, 5) is 0. The van der Waals surface area contributed by atoms with Crippen molar-refractivity contribution < 1.29 is 9.50 Å². The van der Waals surface area contributed by atoms with Crippen molar-refractivity contribution in [3.8, 4) is 0 Å². The first-order valence-corrected chi connectivity index (χ1v) is 8.09. The average Bonchev–Trinajstić information content (AvgIpc) is 2.44. The molecule has 20 heavy (non-hydrogen) atoms. The molecule has 1 nitrogen and oxygen atoms in total. The van der Waals surface area contributed by atoms with E-state index >= 15 is 0 Å². The first kappa shape index (κ1) is 17.2. The Morgan fingerprint density at radius 1 is 1.00 bits per heavy atom. The summed E-state index contributed by atoms with van der Waals surface area (Å²) in [5.74, 6) is -0.263. The van der Waals surface area contributed by atoms with Crippen LogP contribution in [0.25, 0.3) is 0 Å². The Bertz CT molecular complexity index is 376. The van der Waals surface area contributed by atoms with Crippen LogP contribution in [0.15, 0.2) is 18.2 Å². The van der Waals surface area contributed by atoms with Gasteiger partial charge >= 0.3 is 0 Å². The van der Waals surface area contributed by atoms with Crippen molar-refractivity contribution in [3.05, 3.63) is 35.1 Å². The van der Waals surface area contributed by atoms with E-state index in [-0.39, 0.29) is 5.82 Å². The molecule has 1 N–H and O–H groups in total. The van der Waals surface area contributed by atoms with Gasteiger partial charge in [0, 0.05) is 0 Å². The Hall–Kier alpha value is -0.890. The zero-order valence-electron chi connectivity index (χ0n) is 13.0. The molecule has 0 saturated heterocycles. The van der Waals surface area contributed by atoms with Crippen LogP contribution in [-0.4, -0.2) is 5.11 Å². The largest absolute Gasteiger partial charge is 0.388 e. The first-order chi connectivity index (χ1) is 9.65. The lowest BCUT2D eigenvalue weighted by Crippen LogP contribution is -2.01. The molecule has 0 saturated carbocycles. The molecule has 0 aliphatic rings. The number of benzene rings is 1. The molecule has 1 rings (SSSR count). The summed E-state index contributed by atoms with van der Waals surface area (Å²) < 4.78 is 13.2. The fraction of sp³-hybridized carbons (Fsp3) is 0.667. The normalized spacial score (nSPS) is 12.6. The summed E-state index contributed by atoms with van der Waals surface area (Å²) in [5, 5.41) is 10.1. The van der Waals surface area contributed by atoms with E-state index in [1.165, 1.54) is 50.7 Å². The highest BCUT2D eigenvalue weighted by molar-refractivity contribution is 5.28. The number of aliphatic hydroxyl groups is 1. The standard InChI is InChI=1S/C18H29FO/c1-3-4-5-6-7-8-9-10-11-18(20)17-14-16(19)13-12-15(17)2/h12-14,18,20H,3-11H2,1-2H3. The van der Waals surface area contributed by atoms with Gasteiger partial charge in [-0.2, -0.15) is 0 Å². The van der Waals surface area contributed by atoms with Crippen LogP contribution in [0.1, 0.15) is 81.9 Å². The van der Waals surface area contributed by atoms with Crippen molar-refractivity contribution in [2.75, 3.05) is 0 Å². The van der Waals surface area contributed by atoms with Crippen molar-refractivity contribution in [1.29, 1.82) is 0 Å². The molecule has 2 heteroatoms. The van der Waals surface area contributed by atoms with Gasteiger partial charge in [0.25, 0.3) is 0 Å². The number of halogens is 1. The summed E-state index contributed by atoms with van der Waals surface area (Å²) in [7, 11) is 0. The first-order valence-electron chi connectivity index (χ1n) is 8.09. The minimum Gasteiger partial charge on any atom is -0.388 e. The number of rotatable bonds is 10. The van der Waals surface area contributed by atoms with Gasteiger partial charge in [0.2, 0.25) is 0 Å². The number of unbranched alkanes of at least 4 members (excludes halogenated alkanes) is 7. The highest BCUT2D eigenvalue weighted by Crippen LogP contribution is 2.24. The number of hydrogen-bond donors (Lipinski definition) is 1. The van der Waals surface area contributed by atoms with Gasteiger partial charge < -0.3 is 5.11 Å². The monoisotopic (exact) mass is 280 g/mol. The van der Waals surface area contributed by atoms with E-state index in [1.54, 1.807) is 6.07 Å². The van der Waals surface area contributed by atoms with Crippen LogP contribution >= 0.6 is 0 Å². The second kappa shape index (κ2) is 9.93. The molecule has 0 aliphatic carbocycles. The third-order valence-electron chi connectivity index (χ3n) is 3.93. The maximum Gasteiger partial charge on any atom is 0.123 e. The molecule has 0 bridgehead atoms. The summed E-state index contributed by atoms with van der Waals surface area (Å²) in [6, 6.07) is 4.65. The quantitative estimate of drug-likeness (QED) is 0.545. The van der Waals surface area contributed by atoms with E-state index in [1.807, 2.05) is 6.92 Å². The Kier molecular flexibility index (Phi) is 8.52. The Balaban J connectivity index is 2.17. The molecule has 1 aromatic rings. The van der Waals surface area contributed by atoms with E-state index in [4.69, 9.17) is 0 Å². The summed E-state index contributed by atoms with van der Waals surface area (Å²) in [5.41, 5.74) is 1.71. The minimum atomic E-state index is -0.522. The van der Waals surface area contributed by atoms with Gasteiger partial charge in [-0.05, 0) is 36.6 Å². The Labute approximate surface area is 123 Å². The van der Waals surface area contributed by atoms with E-state index < -0.39 is 6.10 Å². The second-order valence-electron chi connectivity index (χ2n) is 5.78. The number of aliphatic hydroxyl groups excluding tert-OH is 1. The molecular weight excluding hydrogens is 251 g/mol. The third kappa shape index (κ3) is 6.51. The van der Waals surface area contributed by atoms with E-state index in [0.717, 1.165) is 30.4 Å². The molecule has 0 spiro atoms. The van der Waals surface area contributed by atoms with Crippen LogP contribution in [0.5, 0.6) is 0 Å². The summed E-state index contributed by atoms with van der Waals surface area (Å²) >= 11 is 0. The van der Waals surface area contributed by atoms with Crippen LogP contribution in [0.3, 0.4) is 0 Å². The summed E-state index contributed by atoms with van der Waals surface area (Å²) in [6.45, 7) is 4.15. The minimum absolute atomic E-state index is 0.263. The van der Waals surface area contributed by atoms with Crippen LogP contribution in [0.2, 0.25) is 0 Å². The van der Waals surface area contributed by atoms with Gasteiger partial charge in [0.1, 0.15) is 5.82 Å². The molecule has 0 amide bonds. The fourth-order valence-electron chi connectivity index (χ4n) is 2.60. The Morgan fingerprint density at radius 2 is 1.60 bits per heavy atom. The van der Waals surface area contributed by atoms with Gasteiger partial charge in [-0.15, -0.1) is 0 Å². The van der Waals surface area contributed by atoms with Gasteiger partial charge in [-0.25, -0.2) is 4.39 Å². The molecule has 1 atom stereocenters. The molecular formula is C18H29FO. The van der Waals surface area contributed by atoms with Crippen LogP contribution in [-0.2, 0) is 0 Å². The van der Waals surface area contributed by atoms with Crippen LogP contribution < -0.4 is 0 Å². The third-order valence-corrected chi connectivity index (χ3v) is 3.93. The lowest BCUT2D eigenvalue weighted by atomic mass is 9.98. The van der Waals surface area contributed by atoms with Crippen LogP contribution in [0, 0.1) is 12.7 Å². The second-order valence-corrected chi connectivity index (χ2v) is 5.78. The molecule has 1 unspecified atom stereocenters. The zero-order chi connectivity index (χ0) is 14.8. The average molecular weight is 280 g/mol. The molecule has 1 aromatic carbocycles. The van der Waals surface area contributed by atoms with Gasteiger partial charge in [-0.1, -0.05) is 64.4 Å². The van der Waals surface area contributed by atoms with E-state index in [9.17, 15) is 9.50 Å². The molecule has 0 fully saturated rings. The molecule has 0 aromatic heterocycles. The highest BCUT2D eigenvalue weighted by Gasteiger charge is 2.10. The van der Waals surface area contributed by atoms with Gasteiger partial charge in [-0.3, -0.25) is 0 Å². The molecule has 0 radical (unpaired) electrons. The van der Waals surface area contributed by atoms with Crippen molar-refractivity contribution in [3.63, 3.8) is 0 Å². The number of aryl methyl sites for hydroxylation is 1. The van der Waals surface area contributed by atoms with Crippen molar-refractivity contribution in [2.24, 2.45) is 0 Å². The van der Waals surface area contributed by atoms with E-state index in [2.05, 4.69) is 6.92 Å². The lowest BCUT2D eigenvalue weighted by Gasteiger charge is -2.13. The molecule has 0 aliphatic heterocycles. The topological polar surface area (TPSA) is 20.2 Å². The highest BCUT2D eigenvalue weighted by atomic mass is 19.1. The van der Waals surface area contributed by atoms with Gasteiger partial charge in [0.15, 0.2) is 0 Å². The predicted octanol–water partition coefficient (Wildman–Crippen LogP) is 5.70. The van der Waals surface area contributed by atoms with Crippen LogP contribution in [0.4, 0.5) is 4.39 Å². The van der Waals surface area contributed by atoms with Crippen molar-refractivity contribution in [1.82, 2.24) is 0 Å². The van der Waals surface area contributed by atoms with Crippen molar-refractivity contribution in [2.45, 2.75) is 77.7 Å².